The van der Waals surface area contributed by atoms with E-state index in [1.54, 1.807) is 24.3 Å². The van der Waals surface area contributed by atoms with Crippen LogP contribution >= 0.6 is 7.52 Å². The largest absolute Gasteiger partial charge is 0.573 e. The van der Waals surface area contributed by atoms with Gasteiger partial charge in [0.05, 0.1) is 11.8 Å². The number of hydrogen-bond donors (Lipinski definition) is 1. The van der Waals surface area contributed by atoms with Crippen LogP contribution in [0, 0.1) is 5.41 Å². The molecular formula is C28H38F3N2O4P. The molecule has 3 rings (SSSR count). The van der Waals surface area contributed by atoms with Gasteiger partial charge in [0.15, 0.2) is 0 Å². The van der Waals surface area contributed by atoms with E-state index in [0.717, 1.165) is 0 Å². The summed E-state index contributed by atoms with van der Waals surface area (Å²) in [6.45, 7) is 13.5. The van der Waals surface area contributed by atoms with E-state index in [9.17, 15) is 22.5 Å². The predicted molar refractivity (Wildman–Crippen MR) is 143 cm³/mol. The molecule has 1 heterocycles. The summed E-state index contributed by atoms with van der Waals surface area (Å²) in [5.41, 5.74) is 1.71. The van der Waals surface area contributed by atoms with Crippen molar-refractivity contribution in [2.75, 3.05) is 19.7 Å². The number of piperidine rings is 1. The third-order valence-corrected chi connectivity index (χ3v) is 9.56. The number of alkyl halides is 3. The molecule has 1 aliphatic heterocycles. The second kappa shape index (κ2) is 11.4. The van der Waals surface area contributed by atoms with Crippen molar-refractivity contribution < 1.29 is 31.8 Å². The first-order valence-corrected chi connectivity index (χ1v) is 14.3. The van der Waals surface area contributed by atoms with Crippen LogP contribution in [-0.2, 0) is 9.09 Å². The van der Waals surface area contributed by atoms with Crippen LogP contribution in [0.5, 0.6) is 5.75 Å². The highest BCUT2D eigenvalue weighted by Gasteiger charge is 2.45. The predicted octanol–water partition coefficient (Wildman–Crippen LogP) is 7.50. The molecule has 0 saturated carbocycles. The summed E-state index contributed by atoms with van der Waals surface area (Å²) in [4.78, 5) is 13.0. The van der Waals surface area contributed by atoms with Gasteiger partial charge >= 0.3 is 6.36 Å². The van der Waals surface area contributed by atoms with Crippen LogP contribution in [0.3, 0.4) is 0 Å². The van der Waals surface area contributed by atoms with Gasteiger partial charge in [-0.1, -0.05) is 45.0 Å². The Labute approximate surface area is 223 Å². The molecule has 1 aliphatic rings. The Bertz CT molecular complexity index is 1150. The van der Waals surface area contributed by atoms with Gasteiger partial charge in [-0.05, 0) is 74.4 Å². The summed E-state index contributed by atoms with van der Waals surface area (Å²) in [7, 11) is -3.10. The zero-order valence-electron chi connectivity index (χ0n) is 22.9. The number of benzene rings is 2. The van der Waals surface area contributed by atoms with E-state index in [2.05, 4.69) is 10.1 Å². The third kappa shape index (κ3) is 8.08. The summed E-state index contributed by atoms with van der Waals surface area (Å²) in [6.07, 6.45) is -3.46. The summed E-state index contributed by atoms with van der Waals surface area (Å²) >= 11 is 0. The fraction of sp³-hybridized carbons (Fsp3) is 0.536. The molecule has 0 radical (unpaired) electrons. The first-order valence-electron chi connectivity index (χ1n) is 12.7. The van der Waals surface area contributed by atoms with Gasteiger partial charge in [0.1, 0.15) is 5.75 Å². The number of ether oxygens (including phenoxy) is 1. The molecule has 0 bridgehead atoms. The molecule has 1 fully saturated rings. The van der Waals surface area contributed by atoms with Gasteiger partial charge in [0, 0.05) is 24.7 Å². The molecule has 1 N–H and O–H groups in total. The standard InChI is InChI=1S/C28H38F3N2O4P/c1-26(2,3)19-36-38(35,27(4,5)6)33-16-14-23(15-17-33)32-25(34)22-9-7-8-21(18-22)20-10-12-24(13-11-20)37-28(29,30)31/h7-13,18,23H,14-17,19H2,1-6H3,(H,32,34). The quantitative estimate of drug-likeness (QED) is 0.359. The average Bonchev–Trinajstić information content (AvgIpc) is 2.81. The molecular weight excluding hydrogens is 516 g/mol. The summed E-state index contributed by atoms with van der Waals surface area (Å²) in [5, 5.41) is 2.54. The van der Waals surface area contributed by atoms with Gasteiger partial charge < -0.3 is 14.6 Å². The average molecular weight is 555 g/mol. The number of carbonyl (C=O) groups is 1. The van der Waals surface area contributed by atoms with Crippen LogP contribution in [0.25, 0.3) is 11.1 Å². The lowest BCUT2D eigenvalue weighted by molar-refractivity contribution is -0.274. The summed E-state index contributed by atoms with van der Waals surface area (Å²) in [6, 6.07) is 12.4. The van der Waals surface area contributed by atoms with Gasteiger partial charge in [-0.2, -0.15) is 0 Å². The second-order valence-corrected chi connectivity index (χ2v) is 15.1. The van der Waals surface area contributed by atoms with Crippen LogP contribution < -0.4 is 10.1 Å². The summed E-state index contributed by atoms with van der Waals surface area (Å²) in [5.74, 6) is -0.536. The molecule has 1 unspecified atom stereocenters. The molecule has 0 aliphatic carbocycles. The van der Waals surface area contributed by atoms with Crippen molar-refractivity contribution in [3.63, 3.8) is 0 Å². The molecule has 0 spiro atoms. The van der Waals surface area contributed by atoms with Crippen LogP contribution in [0.2, 0.25) is 0 Å². The molecule has 38 heavy (non-hydrogen) atoms. The van der Waals surface area contributed by atoms with Crippen molar-refractivity contribution in [1.29, 1.82) is 0 Å². The lowest BCUT2D eigenvalue weighted by Gasteiger charge is -2.43. The van der Waals surface area contributed by atoms with Gasteiger partial charge in [-0.15, -0.1) is 13.2 Å². The highest BCUT2D eigenvalue weighted by Crippen LogP contribution is 2.62. The summed E-state index contributed by atoms with van der Waals surface area (Å²) < 4.78 is 63.2. The fourth-order valence-corrected chi connectivity index (χ4v) is 6.93. The van der Waals surface area contributed by atoms with E-state index in [4.69, 9.17) is 4.52 Å². The van der Waals surface area contributed by atoms with Crippen LogP contribution in [0.4, 0.5) is 13.2 Å². The second-order valence-electron chi connectivity index (χ2n) is 11.9. The molecule has 10 heteroatoms. The maximum atomic E-state index is 14.0. The van der Waals surface area contributed by atoms with Crippen LogP contribution in [0.1, 0.15) is 64.7 Å². The minimum Gasteiger partial charge on any atom is -0.406 e. The Morgan fingerprint density at radius 2 is 1.58 bits per heavy atom. The molecule has 1 atom stereocenters. The number of hydrogen-bond acceptors (Lipinski definition) is 4. The van der Waals surface area contributed by atoms with E-state index in [-0.39, 0.29) is 23.1 Å². The minimum atomic E-state index is -4.75. The Morgan fingerprint density at radius 1 is 0.974 bits per heavy atom. The van der Waals surface area contributed by atoms with E-state index < -0.39 is 19.0 Å². The number of halogens is 3. The number of nitrogens with one attached hydrogen (secondary N) is 1. The molecule has 1 saturated heterocycles. The zero-order valence-corrected chi connectivity index (χ0v) is 23.8. The molecule has 0 aromatic heterocycles. The maximum absolute atomic E-state index is 14.0. The SMILES string of the molecule is CC(C)(C)COP(=O)(N1CCC(NC(=O)c2cccc(-c3ccc(OC(F)(F)F)cc3)c2)CC1)C(C)(C)C. The zero-order chi connectivity index (χ0) is 28.4. The number of carbonyl (C=O) groups excluding carboxylic acids is 1. The van der Waals surface area contributed by atoms with Gasteiger partial charge in [-0.25, -0.2) is 4.67 Å². The molecule has 210 valence electrons. The van der Waals surface area contributed by atoms with Gasteiger partial charge in [-0.3, -0.25) is 9.36 Å². The van der Waals surface area contributed by atoms with E-state index in [1.807, 2.05) is 46.2 Å². The number of rotatable bonds is 7. The van der Waals surface area contributed by atoms with Crippen molar-refractivity contribution >= 4 is 13.4 Å². The third-order valence-electron chi connectivity index (χ3n) is 6.25. The first-order chi connectivity index (χ1) is 17.5. The van der Waals surface area contributed by atoms with Crippen LogP contribution in [-0.4, -0.2) is 47.8 Å². The fourth-order valence-electron chi connectivity index (χ4n) is 4.21. The van der Waals surface area contributed by atoms with Crippen LogP contribution in [0.15, 0.2) is 48.5 Å². The molecule has 1 amide bonds. The van der Waals surface area contributed by atoms with Crippen molar-refractivity contribution in [3.8, 4) is 16.9 Å². The highest BCUT2D eigenvalue weighted by atomic mass is 31.2. The monoisotopic (exact) mass is 554 g/mol. The van der Waals surface area contributed by atoms with E-state index in [0.29, 0.717) is 49.2 Å². The Balaban J connectivity index is 1.62. The lowest BCUT2D eigenvalue weighted by atomic mass is 9.99. The Morgan fingerprint density at radius 3 is 2.11 bits per heavy atom. The Kier molecular flexibility index (Phi) is 9.06. The highest BCUT2D eigenvalue weighted by molar-refractivity contribution is 7.58. The van der Waals surface area contributed by atoms with Crippen molar-refractivity contribution in [2.24, 2.45) is 5.41 Å². The lowest BCUT2D eigenvalue weighted by Crippen LogP contribution is -2.45. The number of amides is 1. The van der Waals surface area contributed by atoms with Crippen molar-refractivity contribution in [2.45, 2.75) is 71.9 Å². The van der Waals surface area contributed by atoms with Crippen molar-refractivity contribution in [3.05, 3.63) is 54.1 Å². The number of nitrogens with zero attached hydrogens (tertiary/aromatic N) is 1. The van der Waals surface area contributed by atoms with Gasteiger partial charge in [0.2, 0.25) is 0 Å². The first kappa shape index (κ1) is 30.2. The molecule has 6 nitrogen and oxygen atoms in total. The molecule has 2 aromatic rings. The smallest absolute Gasteiger partial charge is 0.406 e. The normalized spacial score (nSPS) is 17.6. The minimum absolute atomic E-state index is 0.0720. The van der Waals surface area contributed by atoms with E-state index in [1.165, 1.54) is 24.3 Å². The molecule has 2 aromatic carbocycles. The van der Waals surface area contributed by atoms with E-state index >= 15 is 0 Å². The maximum Gasteiger partial charge on any atom is 0.573 e. The Hall–Kier alpha value is -2.35. The van der Waals surface area contributed by atoms with Gasteiger partial charge in [0.25, 0.3) is 13.4 Å². The topological polar surface area (TPSA) is 67.9 Å². The van der Waals surface area contributed by atoms with Crippen molar-refractivity contribution in [1.82, 2.24) is 9.99 Å².